The minimum Gasteiger partial charge on any atom is -0.388 e. The normalized spacial score (nSPS) is 38.0. The molecule has 2 bridgehead atoms. The maximum absolute atomic E-state index is 16.1. The van der Waals surface area contributed by atoms with Crippen molar-refractivity contribution < 1.29 is 41.8 Å². The average molecular weight is 693 g/mol. The molecule has 3 aliphatic rings. The van der Waals surface area contributed by atoms with E-state index < -0.39 is 74.6 Å². The lowest BCUT2D eigenvalue weighted by molar-refractivity contribution is -0.0539. The summed E-state index contributed by atoms with van der Waals surface area (Å²) in [7, 11) is 0. The van der Waals surface area contributed by atoms with Gasteiger partial charge in [0.15, 0.2) is 35.0 Å². The summed E-state index contributed by atoms with van der Waals surface area (Å²) in [6, 6.07) is -0.952. The van der Waals surface area contributed by atoms with E-state index in [1.807, 2.05) is 0 Å². The minimum atomic E-state index is -4.33. The first-order valence-corrected chi connectivity index (χ1v) is 18.1. The summed E-state index contributed by atoms with van der Waals surface area (Å²) in [5.74, 6) is -0.144. The van der Waals surface area contributed by atoms with Crippen LogP contribution in [0.1, 0.15) is 18.7 Å². The van der Waals surface area contributed by atoms with Gasteiger partial charge in [0.25, 0.3) is 5.56 Å². The van der Waals surface area contributed by atoms with Crippen molar-refractivity contribution in [3.8, 4) is 0 Å². The fraction of sp³-hybridized carbons (Fsp3) is 0.500. The highest BCUT2D eigenvalue weighted by molar-refractivity contribution is 8.44. The number of hydrogen-bond donors (Lipinski definition) is 6. The van der Waals surface area contributed by atoms with Gasteiger partial charge in [0.2, 0.25) is 5.95 Å². The number of fused-ring (bicyclic) bond motifs is 5. The first kappa shape index (κ1) is 30.1. The molecule has 2 saturated heterocycles. The number of aliphatic hydroxyl groups is 1. The van der Waals surface area contributed by atoms with Crippen molar-refractivity contribution in [1.29, 1.82) is 0 Å². The highest BCUT2D eigenvalue weighted by Crippen LogP contribution is 2.60. The minimum absolute atomic E-state index is 0.0323. The Balaban J connectivity index is 1.22. The molecule has 2 aliphatic heterocycles. The van der Waals surface area contributed by atoms with E-state index in [0.717, 1.165) is 0 Å². The molecule has 1 saturated carbocycles. The number of hydrogen-bond acceptors (Lipinski definition) is 16. The lowest BCUT2D eigenvalue weighted by Crippen LogP contribution is -2.37. The standard InChI is InChI=1S/C20H23FN10O9P2S2/c21-9-14-8(37-19(9)31-5-26-10-15(22)24-3-25-16(10)31)2-36-41(34,43)39-13-6(1-7(12(13)32)38-42(35,44)40-14)30-4-27-11-17(30)28-20(23)29-18(11)33/h3-9,12-14,19,32H,1-2H2,(H,34,43)(H,35,44)(H2,22,24,25)(H3,23,28,29,33)/t6-,7+,8-,9-,12-,13+,14-,19-,41?,42?/m1/s1. The van der Waals surface area contributed by atoms with Gasteiger partial charge in [-0.15, -0.1) is 0 Å². The number of ether oxygens (including phenoxy) is 1. The van der Waals surface area contributed by atoms with E-state index in [9.17, 15) is 19.4 Å². The quantitative estimate of drug-likeness (QED) is 0.120. The Kier molecular flexibility index (Phi) is 7.33. The Morgan fingerprint density at radius 3 is 2.61 bits per heavy atom. The number of alkyl halides is 1. The van der Waals surface area contributed by atoms with E-state index in [4.69, 9.17) is 46.1 Å². The second-order valence-corrected chi connectivity index (χ2v) is 15.8. The summed E-state index contributed by atoms with van der Waals surface area (Å²) in [6.45, 7) is -9.26. The van der Waals surface area contributed by atoms with Crippen molar-refractivity contribution in [3.63, 3.8) is 0 Å². The zero-order chi connectivity index (χ0) is 31.1. The second-order valence-electron chi connectivity index (χ2n) is 10.2. The molecule has 2 unspecified atom stereocenters. The first-order chi connectivity index (χ1) is 20.8. The largest absolute Gasteiger partial charge is 0.388 e. The Morgan fingerprint density at radius 2 is 1.82 bits per heavy atom. The number of anilines is 2. The SMILES string of the molecule is Nc1nc2c(ncn2[C@@H]2C[C@@H]3OP(O)(=S)O[C@H]4[C@@H](F)[C@H](n5cnc6c(N)ncnc65)O[C@@H]4COP(=O)(S)O[C@@H]2[C@@H]3O)c(=O)[nH]1. The summed E-state index contributed by atoms with van der Waals surface area (Å²) in [6.07, 6.45) is -7.10. The van der Waals surface area contributed by atoms with Gasteiger partial charge in [0.1, 0.15) is 36.3 Å². The molecule has 7 rings (SSSR count). The summed E-state index contributed by atoms with van der Waals surface area (Å²) < 4.78 is 60.5. The summed E-state index contributed by atoms with van der Waals surface area (Å²) in [5, 5.41) is 11.2. The number of nitrogens with one attached hydrogen (secondary N) is 1. The monoisotopic (exact) mass is 692 g/mol. The molecule has 3 fully saturated rings. The van der Waals surface area contributed by atoms with Gasteiger partial charge in [-0.1, -0.05) is 12.2 Å². The lowest BCUT2D eigenvalue weighted by Gasteiger charge is -2.30. The molecule has 0 aromatic carbocycles. The molecule has 0 spiro atoms. The maximum atomic E-state index is 16.1. The van der Waals surface area contributed by atoms with Crippen molar-refractivity contribution in [1.82, 2.24) is 39.0 Å². The van der Waals surface area contributed by atoms with Crippen LogP contribution in [0.5, 0.6) is 0 Å². The van der Waals surface area contributed by atoms with Crippen LogP contribution in [0.2, 0.25) is 0 Å². The van der Waals surface area contributed by atoms with E-state index in [0.29, 0.717) is 0 Å². The number of imidazole rings is 2. The van der Waals surface area contributed by atoms with Gasteiger partial charge in [-0.05, 0) is 11.8 Å². The number of aromatic nitrogens is 8. The van der Waals surface area contributed by atoms with Crippen LogP contribution in [-0.4, -0.2) is 92.3 Å². The van der Waals surface area contributed by atoms with E-state index >= 15 is 4.39 Å². The molecule has 44 heavy (non-hydrogen) atoms. The predicted octanol–water partition coefficient (Wildman–Crippen LogP) is 0.106. The van der Waals surface area contributed by atoms with E-state index in [1.165, 1.54) is 28.1 Å². The van der Waals surface area contributed by atoms with Gasteiger partial charge in [-0.25, -0.2) is 28.9 Å². The van der Waals surface area contributed by atoms with Crippen molar-refractivity contribution in [2.24, 2.45) is 0 Å². The molecule has 7 N–H and O–H groups in total. The maximum Gasteiger partial charge on any atom is 0.386 e. The molecular weight excluding hydrogens is 669 g/mol. The second kappa shape index (κ2) is 10.7. The number of aliphatic hydroxyl groups excluding tert-OH is 1. The molecule has 0 amide bonds. The fourth-order valence-electron chi connectivity index (χ4n) is 5.58. The number of H-pyrrole nitrogens is 1. The highest BCUT2D eigenvalue weighted by Gasteiger charge is 2.54. The van der Waals surface area contributed by atoms with Gasteiger partial charge in [0.05, 0.1) is 31.4 Å². The van der Waals surface area contributed by atoms with Crippen LogP contribution in [-0.2, 0) is 39.2 Å². The third-order valence-corrected chi connectivity index (χ3v) is 10.7. The number of aromatic amines is 1. The van der Waals surface area contributed by atoms with Crippen LogP contribution < -0.4 is 17.0 Å². The van der Waals surface area contributed by atoms with Crippen molar-refractivity contribution in [3.05, 3.63) is 29.3 Å². The molecule has 10 atom stereocenters. The molecular formula is C20H23FN10O9P2S2. The highest BCUT2D eigenvalue weighted by atomic mass is 32.7. The number of rotatable bonds is 2. The van der Waals surface area contributed by atoms with Gasteiger partial charge in [-0.3, -0.25) is 27.9 Å². The van der Waals surface area contributed by atoms with E-state index in [1.54, 1.807) is 0 Å². The Bertz CT molecular complexity index is 1930. The van der Waals surface area contributed by atoms with Crippen LogP contribution in [0.25, 0.3) is 22.3 Å². The van der Waals surface area contributed by atoms with Crippen LogP contribution >= 0.6 is 25.8 Å². The van der Waals surface area contributed by atoms with Crippen molar-refractivity contribution in [2.75, 3.05) is 18.1 Å². The van der Waals surface area contributed by atoms with Crippen molar-refractivity contribution in [2.45, 2.75) is 55.4 Å². The summed E-state index contributed by atoms with van der Waals surface area (Å²) in [5.41, 5.74) is 11.3. The zero-order valence-electron chi connectivity index (χ0n) is 21.9. The van der Waals surface area contributed by atoms with Crippen molar-refractivity contribution >= 4 is 71.7 Å². The van der Waals surface area contributed by atoms with Gasteiger partial charge in [0, 0.05) is 6.42 Å². The third kappa shape index (κ3) is 5.13. The van der Waals surface area contributed by atoms with E-state index in [-0.39, 0.29) is 40.5 Å². The number of thiol groups is 1. The molecule has 1 aliphatic carbocycles. The lowest BCUT2D eigenvalue weighted by atomic mass is 10.1. The van der Waals surface area contributed by atoms with Crippen LogP contribution in [0.3, 0.4) is 0 Å². The van der Waals surface area contributed by atoms with Gasteiger partial charge in [-0.2, -0.15) is 4.98 Å². The van der Waals surface area contributed by atoms with Gasteiger partial charge < -0.3 is 35.3 Å². The number of nitrogen functional groups attached to an aromatic ring is 2. The van der Waals surface area contributed by atoms with Crippen LogP contribution in [0, 0.1) is 0 Å². The Labute approximate surface area is 255 Å². The molecule has 6 heterocycles. The van der Waals surface area contributed by atoms with Gasteiger partial charge >= 0.3 is 13.5 Å². The summed E-state index contributed by atoms with van der Waals surface area (Å²) >= 11 is 9.30. The Hall–Kier alpha value is -2.62. The molecule has 24 heteroatoms. The molecule has 4 aromatic heterocycles. The summed E-state index contributed by atoms with van der Waals surface area (Å²) in [4.78, 5) is 46.0. The predicted molar refractivity (Wildman–Crippen MR) is 154 cm³/mol. The molecule has 19 nitrogen and oxygen atoms in total. The van der Waals surface area contributed by atoms with Crippen LogP contribution in [0.15, 0.2) is 23.8 Å². The Morgan fingerprint density at radius 1 is 1.07 bits per heavy atom. The fourth-order valence-corrected chi connectivity index (χ4v) is 8.87. The molecule has 4 aromatic rings. The first-order valence-electron chi connectivity index (χ1n) is 12.8. The molecule has 236 valence electrons. The van der Waals surface area contributed by atoms with E-state index in [2.05, 4.69) is 42.2 Å². The third-order valence-electron chi connectivity index (χ3n) is 7.49. The molecule has 0 radical (unpaired) electrons. The topological polar surface area (TPSA) is 263 Å². The number of nitrogens with zero attached hydrogens (tertiary/aromatic N) is 7. The number of halogens is 1. The smallest absolute Gasteiger partial charge is 0.386 e. The zero-order valence-corrected chi connectivity index (χ0v) is 25.4. The average Bonchev–Trinajstić information content (AvgIpc) is 3.70. The van der Waals surface area contributed by atoms with Crippen LogP contribution in [0.4, 0.5) is 16.2 Å². The number of nitrogens with two attached hydrogens (primary N) is 2.